The number of rotatable bonds is 10. The molecule has 27 heavy (non-hydrogen) atoms. The fourth-order valence-electron chi connectivity index (χ4n) is 2.69. The van der Waals surface area contributed by atoms with Gasteiger partial charge >= 0.3 is 0 Å². The Morgan fingerprint density at radius 2 is 1.63 bits per heavy atom. The summed E-state index contributed by atoms with van der Waals surface area (Å²) in [6, 6.07) is 13.5. The molecule has 0 aliphatic carbocycles. The van der Waals surface area contributed by atoms with Gasteiger partial charge in [-0.25, -0.2) is 0 Å². The first-order chi connectivity index (χ1) is 13.0. The highest BCUT2D eigenvalue weighted by Gasteiger charge is 2.07. The van der Waals surface area contributed by atoms with Crippen LogP contribution in [-0.2, 0) is 11.2 Å². The molecule has 0 atom stereocenters. The van der Waals surface area contributed by atoms with Gasteiger partial charge in [0.25, 0.3) is 0 Å². The Morgan fingerprint density at radius 3 is 2.26 bits per heavy atom. The summed E-state index contributed by atoms with van der Waals surface area (Å²) in [6.07, 6.45) is 2.18. The zero-order valence-corrected chi connectivity index (χ0v) is 16.7. The lowest BCUT2D eigenvalue weighted by Gasteiger charge is -2.11. The quantitative estimate of drug-likeness (QED) is 0.634. The maximum Gasteiger partial charge on any atom is 0.224 e. The molecule has 0 saturated carbocycles. The molecular weight excluding hydrogens is 340 g/mol. The first-order valence-corrected chi connectivity index (χ1v) is 9.36. The molecule has 0 radical (unpaired) electrons. The van der Waals surface area contributed by atoms with Gasteiger partial charge in [0.15, 0.2) is 11.5 Å². The van der Waals surface area contributed by atoms with Gasteiger partial charge in [0, 0.05) is 24.3 Å². The summed E-state index contributed by atoms with van der Waals surface area (Å²) >= 11 is 0. The van der Waals surface area contributed by atoms with E-state index >= 15 is 0 Å². The summed E-state index contributed by atoms with van der Waals surface area (Å²) < 4.78 is 10.5. The van der Waals surface area contributed by atoms with Crippen LogP contribution < -0.4 is 20.1 Å². The Morgan fingerprint density at radius 1 is 0.963 bits per heavy atom. The molecule has 2 N–H and O–H groups in total. The van der Waals surface area contributed by atoms with Gasteiger partial charge in [-0.15, -0.1) is 0 Å². The van der Waals surface area contributed by atoms with Crippen molar-refractivity contribution in [3.05, 3.63) is 48.0 Å². The molecule has 2 aromatic carbocycles. The van der Waals surface area contributed by atoms with Crippen molar-refractivity contribution in [2.45, 2.75) is 33.1 Å². The number of methoxy groups -OCH3 is 2. The van der Waals surface area contributed by atoms with Crippen LogP contribution in [-0.4, -0.2) is 26.7 Å². The SMILES string of the molecule is COc1ccc(CCC(=O)Nc2ccc(NCCC(C)C)cc2)cc1OC. The lowest BCUT2D eigenvalue weighted by Crippen LogP contribution is -2.12. The van der Waals surface area contributed by atoms with Crippen LogP contribution in [0.15, 0.2) is 42.5 Å². The number of amides is 1. The molecule has 0 bridgehead atoms. The number of benzene rings is 2. The first kappa shape index (κ1) is 20.6. The standard InChI is InChI=1S/C22H30N2O3/c1-16(2)13-14-23-18-7-9-19(10-8-18)24-22(25)12-6-17-5-11-20(26-3)21(15-17)27-4/h5,7-11,15-16,23H,6,12-14H2,1-4H3,(H,24,25). The van der Waals surface area contributed by atoms with Crippen LogP contribution in [0.2, 0.25) is 0 Å². The number of hydrogen-bond donors (Lipinski definition) is 2. The Kier molecular flexibility index (Phi) is 7.99. The van der Waals surface area contributed by atoms with Crippen molar-refractivity contribution in [1.29, 1.82) is 0 Å². The molecule has 0 spiro atoms. The van der Waals surface area contributed by atoms with Gasteiger partial charge in [-0.05, 0) is 60.7 Å². The van der Waals surface area contributed by atoms with E-state index in [2.05, 4.69) is 24.5 Å². The first-order valence-electron chi connectivity index (χ1n) is 9.36. The van der Waals surface area contributed by atoms with Crippen molar-refractivity contribution in [2.24, 2.45) is 5.92 Å². The van der Waals surface area contributed by atoms with E-state index in [-0.39, 0.29) is 5.91 Å². The lowest BCUT2D eigenvalue weighted by atomic mass is 10.1. The minimum Gasteiger partial charge on any atom is -0.493 e. The van der Waals surface area contributed by atoms with Crippen LogP contribution in [0.1, 0.15) is 32.3 Å². The van der Waals surface area contributed by atoms with Crippen molar-refractivity contribution in [3.63, 3.8) is 0 Å². The third-order valence-electron chi connectivity index (χ3n) is 4.31. The summed E-state index contributed by atoms with van der Waals surface area (Å²) in [7, 11) is 3.21. The molecule has 0 aliphatic rings. The predicted molar refractivity (Wildman–Crippen MR) is 111 cm³/mol. The van der Waals surface area contributed by atoms with E-state index in [1.54, 1.807) is 14.2 Å². The van der Waals surface area contributed by atoms with Gasteiger partial charge < -0.3 is 20.1 Å². The Labute approximate surface area is 162 Å². The van der Waals surface area contributed by atoms with Gasteiger partial charge in [-0.3, -0.25) is 4.79 Å². The van der Waals surface area contributed by atoms with Crippen LogP contribution >= 0.6 is 0 Å². The van der Waals surface area contributed by atoms with E-state index in [0.29, 0.717) is 30.3 Å². The third-order valence-corrected chi connectivity index (χ3v) is 4.31. The average Bonchev–Trinajstić information content (AvgIpc) is 2.67. The van der Waals surface area contributed by atoms with E-state index in [9.17, 15) is 4.79 Å². The molecule has 0 fully saturated rings. The number of carbonyl (C=O) groups is 1. The topological polar surface area (TPSA) is 59.6 Å². The van der Waals surface area contributed by atoms with Crippen molar-refractivity contribution >= 4 is 17.3 Å². The molecule has 0 aliphatic heterocycles. The van der Waals surface area contributed by atoms with E-state index in [4.69, 9.17) is 9.47 Å². The highest BCUT2D eigenvalue weighted by molar-refractivity contribution is 5.91. The van der Waals surface area contributed by atoms with Crippen molar-refractivity contribution in [2.75, 3.05) is 31.4 Å². The van der Waals surface area contributed by atoms with E-state index < -0.39 is 0 Å². The summed E-state index contributed by atoms with van der Waals surface area (Å²) in [4.78, 5) is 12.2. The van der Waals surface area contributed by atoms with Crippen LogP contribution in [0.3, 0.4) is 0 Å². The minimum absolute atomic E-state index is 0.00898. The number of anilines is 2. The zero-order chi connectivity index (χ0) is 19.6. The molecule has 0 saturated heterocycles. The molecule has 1 amide bonds. The van der Waals surface area contributed by atoms with Crippen LogP contribution in [0, 0.1) is 5.92 Å². The highest BCUT2D eigenvalue weighted by atomic mass is 16.5. The van der Waals surface area contributed by atoms with E-state index in [1.165, 1.54) is 0 Å². The molecule has 5 heteroatoms. The summed E-state index contributed by atoms with van der Waals surface area (Å²) in [5.41, 5.74) is 2.91. The van der Waals surface area contributed by atoms with Gasteiger partial charge in [-0.1, -0.05) is 19.9 Å². The van der Waals surface area contributed by atoms with Crippen LogP contribution in [0.5, 0.6) is 11.5 Å². The molecule has 0 unspecified atom stereocenters. The molecular formula is C22H30N2O3. The fraction of sp³-hybridized carbons (Fsp3) is 0.409. The Bertz CT molecular complexity index is 727. The predicted octanol–water partition coefficient (Wildman–Crippen LogP) is 4.73. The summed E-state index contributed by atoms with van der Waals surface area (Å²) in [6.45, 7) is 5.37. The minimum atomic E-state index is -0.00898. The number of carbonyl (C=O) groups excluding carboxylic acids is 1. The molecule has 5 nitrogen and oxygen atoms in total. The Balaban J connectivity index is 1.81. The second-order valence-corrected chi connectivity index (χ2v) is 6.92. The number of nitrogens with one attached hydrogen (secondary N) is 2. The van der Waals surface area contributed by atoms with Gasteiger partial charge in [0.1, 0.15) is 0 Å². The number of ether oxygens (including phenoxy) is 2. The fourth-order valence-corrected chi connectivity index (χ4v) is 2.69. The monoisotopic (exact) mass is 370 g/mol. The van der Waals surface area contributed by atoms with Gasteiger partial charge in [0.05, 0.1) is 14.2 Å². The molecule has 2 rings (SSSR count). The van der Waals surface area contributed by atoms with Gasteiger partial charge in [-0.2, -0.15) is 0 Å². The van der Waals surface area contributed by atoms with Crippen molar-refractivity contribution in [1.82, 2.24) is 0 Å². The second kappa shape index (κ2) is 10.5. The van der Waals surface area contributed by atoms with Crippen LogP contribution in [0.4, 0.5) is 11.4 Å². The van der Waals surface area contributed by atoms with Crippen molar-refractivity contribution < 1.29 is 14.3 Å². The average molecular weight is 370 g/mol. The second-order valence-electron chi connectivity index (χ2n) is 6.92. The largest absolute Gasteiger partial charge is 0.493 e. The summed E-state index contributed by atoms with van der Waals surface area (Å²) in [5.74, 6) is 2.04. The number of hydrogen-bond acceptors (Lipinski definition) is 4. The van der Waals surface area contributed by atoms with E-state index in [1.807, 2.05) is 42.5 Å². The summed E-state index contributed by atoms with van der Waals surface area (Å²) in [5, 5.41) is 6.33. The molecule has 0 aromatic heterocycles. The maximum atomic E-state index is 12.2. The van der Waals surface area contributed by atoms with E-state index in [0.717, 1.165) is 29.9 Å². The smallest absolute Gasteiger partial charge is 0.224 e. The number of aryl methyl sites for hydroxylation is 1. The molecule has 2 aromatic rings. The normalized spacial score (nSPS) is 10.6. The highest BCUT2D eigenvalue weighted by Crippen LogP contribution is 2.28. The zero-order valence-electron chi connectivity index (χ0n) is 16.7. The third kappa shape index (κ3) is 6.85. The molecule has 146 valence electrons. The molecule has 0 heterocycles. The van der Waals surface area contributed by atoms with Crippen LogP contribution in [0.25, 0.3) is 0 Å². The maximum absolute atomic E-state index is 12.2. The Hall–Kier alpha value is -2.69. The van der Waals surface area contributed by atoms with Gasteiger partial charge in [0.2, 0.25) is 5.91 Å². The lowest BCUT2D eigenvalue weighted by molar-refractivity contribution is -0.116. The van der Waals surface area contributed by atoms with Crippen molar-refractivity contribution in [3.8, 4) is 11.5 Å².